The van der Waals surface area contributed by atoms with Gasteiger partial charge in [-0.1, -0.05) is 85.7 Å². The fraction of sp³-hybridized carbons (Fsp3) is 0.483. The molecule has 2 heteroatoms. The second-order valence-corrected chi connectivity index (χ2v) is 9.85. The third kappa shape index (κ3) is 7.09. The average Bonchev–Trinajstić information content (AvgIpc) is 2.70. The van der Waals surface area contributed by atoms with Crippen molar-refractivity contribution in [2.24, 2.45) is 4.99 Å². The smallest absolute Gasteiger partial charge is 0.0631 e. The van der Waals surface area contributed by atoms with Crippen LogP contribution in [0.2, 0.25) is 0 Å². The molecule has 0 saturated heterocycles. The molecular formula is C29H42N2. The van der Waals surface area contributed by atoms with Crippen molar-refractivity contribution in [3.63, 3.8) is 0 Å². The van der Waals surface area contributed by atoms with Crippen LogP contribution in [0.3, 0.4) is 0 Å². The van der Waals surface area contributed by atoms with Gasteiger partial charge >= 0.3 is 0 Å². The molecule has 2 rings (SSSR count). The van der Waals surface area contributed by atoms with E-state index in [1.165, 1.54) is 33.6 Å². The summed E-state index contributed by atoms with van der Waals surface area (Å²) in [7, 11) is 0. The standard InChI is InChI=1S/C29H42N2/c1-19(2)24-16-25(20(3)4)18-26(17-24)30-15-11-12-23(9)31-29-27(21(5)6)13-10-14-28(29)22(7)8/h10,12-22,31H,11H2,1-9H3. The zero-order chi connectivity index (χ0) is 23.1. The molecule has 1 N–H and O–H groups in total. The average molecular weight is 419 g/mol. The molecule has 0 unspecified atom stereocenters. The van der Waals surface area contributed by atoms with Crippen molar-refractivity contribution in [2.45, 2.75) is 92.4 Å². The molecular weight excluding hydrogens is 376 g/mol. The van der Waals surface area contributed by atoms with E-state index in [0.29, 0.717) is 23.7 Å². The summed E-state index contributed by atoms with van der Waals surface area (Å²) in [5.74, 6) is 1.99. The Balaban J connectivity index is 2.17. The Bertz CT molecular complexity index is 862. The largest absolute Gasteiger partial charge is 0.359 e. The van der Waals surface area contributed by atoms with Gasteiger partial charge in [0.25, 0.3) is 0 Å². The van der Waals surface area contributed by atoms with Gasteiger partial charge in [0.1, 0.15) is 0 Å². The fourth-order valence-corrected chi connectivity index (χ4v) is 3.73. The maximum atomic E-state index is 4.77. The molecule has 2 aromatic rings. The first kappa shape index (κ1) is 24.9. The van der Waals surface area contributed by atoms with Crippen molar-refractivity contribution >= 4 is 17.6 Å². The molecule has 0 atom stereocenters. The monoisotopic (exact) mass is 418 g/mol. The Labute approximate surface area is 190 Å². The maximum Gasteiger partial charge on any atom is 0.0631 e. The van der Waals surface area contributed by atoms with Gasteiger partial charge in [-0.05, 0) is 65.0 Å². The molecule has 0 spiro atoms. The number of allylic oxidation sites excluding steroid dienone is 2. The molecule has 0 saturated carbocycles. The van der Waals surface area contributed by atoms with Gasteiger partial charge in [0.05, 0.1) is 5.69 Å². The highest BCUT2D eigenvalue weighted by Crippen LogP contribution is 2.33. The van der Waals surface area contributed by atoms with Crippen LogP contribution < -0.4 is 5.32 Å². The number of rotatable bonds is 9. The predicted molar refractivity (Wildman–Crippen MR) is 139 cm³/mol. The minimum absolute atomic E-state index is 0.485. The lowest BCUT2D eigenvalue weighted by Gasteiger charge is -2.21. The van der Waals surface area contributed by atoms with E-state index in [2.05, 4.69) is 110 Å². The van der Waals surface area contributed by atoms with Crippen LogP contribution in [-0.4, -0.2) is 6.21 Å². The minimum atomic E-state index is 0.485. The highest BCUT2D eigenvalue weighted by atomic mass is 14.9. The second kappa shape index (κ2) is 11.3. The van der Waals surface area contributed by atoms with Gasteiger partial charge in [0, 0.05) is 24.0 Å². The van der Waals surface area contributed by atoms with Crippen molar-refractivity contribution in [3.05, 3.63) is 70.4 Å². The summed E-state index contributed by atoms with van der Waals surface area (Å²) in [6, 6.07) is 13.4. The van der Waals surface area contributed by atoms with E-state index >= 15 is 0 Å². The molecule has 2 aromatic carbocycles. The number of nitrogens with one attached hydrogen (secondary N) is 1. The summed E-state index contributed by atoms with van der Waals surface area (Å²) in [4.78, 5) is 4.77. The van der Waals surface area contributed by atoms with Crippen LogP contribution in [0.4, 0.5) is 11.4 Å². The van der Waals surface area contributed by atoms with Crippen molar-refractivity contribution < 1.29 is 0 Å². The third-order valence-electron chi connectivity index (χ3n) is 5.76. The van der Waals surface area contributed by atoms with Crippen LogP contribution >= 0.6 is 0 Å². The molecule has 0 amide bonds. The van der Waals surface area contributed by atoms with Gasteiger partial charge in [-0.15, -0.1) is 0 Å². The molecule has 168 valence electrons. The molecule has 0 aromatic heterocycles. The summed E-state index contributed by atoms with van der Waals surface area (Å²) < 4.78 is 0. The molecule has 31 heavy (non-hydrogen) atoms. The van der Waals surface area contributed by atoms with Crippen LogP contribution in [0.5, 0.6) is 0 Å². The Morgan fingerprint density at radius 3 is 1.77 bits per heavy atom. The van der Waals surface area contributed by atoms with E-state index in [9.17, 15) is 0 Å². The number of aliphatic imine (C=N–C) groups is 1. The molecule has 0 fully saturated rings. The normalized spacial score (nSPS) is 12.7. The van der Waals surface area contributed by atoms with Crippen molar-refractivity contribution in [1.29, 1.82) is 0 Å². The molecule has 0 aliphatic carbocycles. The highest BCUT2D eigenvalue weighted by Gasteiger charge is 2.13. The first-order chi connectivity index (χ1) is 14.6. The van der Waals surface area contributed by atoms with Crippen LogP contribution in [-0.2, 0) is 0 Å². The van der Waals surface area contributed by atoms with E-state index in [-0.39, 0.29) is 0 Å². The third-order valence-corrected chi connectivity index (χ3v) is 5.76. The minimum Gasteiger partial charge on any atom is -0.359 e. The molecule has 0 aliphatic heterocycles. The lowest BCUT2D eigenvalue weighted by Crippen LogP contribution is -2.06. The predicted octanol–water partition coefficient (Wildman–Crippen LogP) is 9.29. The Morgan fingerprint density at radius 2 is 1.32 bits per heavy atom. The SMILES string of the molecule is CC(=CCC=Nc1cc(C(C)C)cc(C(C)C)c1)Nc1c(C(C)C)cccc1C(C)C. The van der Waals surface area contributed by atoms with Gasteiger partial charge in [0.15, 0.2) is 0 Å². The molecule has 0 bridgehead atoms. The first-order valence-corrected chi connectivity index (χ1v) is 11.8. The number of para-hydroxylation sites is 1. The lowest BCUT2D eigenvalue weighted by atomic mass is 9.92. The van der Waals surface area contributed by atoms with Crippen molar-refractivity contribution in [1.82, 2.24) is 0 Å². The number of benzene rings is 2. The van der Waals surface area contributed by atoms with Crippen LogP contribution in [0.1, 0.15) is 115 Å². The van der Waals surface area contributed by atoms with Gasteiger partial charge in [-0.3, -0.25) is 4.99 Å². The molecule has 0 aliphatic rings. The van der Waals surface area contributed by atoms with Crippen LogP contribution in [0.15, 0.2) is 53.2 Å². The Kier molecular flexibility index (Phi) is 9.10. The summed E-state index contributed by atoms with van der Waals surface area (Å²) in [6.07, 6.45) is 5.05. The van der Waals surface area contributed by atoms with E-state index in [1.807, 2.05) is 6.21 Å². The summed E-state index contributed by atoms with van der Waals surface area (Å²) >= 11 is 0. The van der Waals surface area contributed by atoms with Gasteiger partial charge in [0.2, 0.25) is 0 Å². The highest BCUT2D eigenvalue weighted by molar-refractivity contribution is 5.67. The van der Waals surface area contributed by atoms with Gasteiger partial charge < -0.3 is 5.32 Å². The quantitative estimate of drug-likeness (QED) is 0.403. The number of hydrogen-bond acceptors (Lipinski definition) is 2. The van der Waals surface area contributed by atoms with E-state index in [4.69, 9.17) is 4.99 Å². The maximum absolute atomic E-state index is 4.77. The Morgan fingerprint density at radius 1 is 0.806 bits per heavy atom. The zero-order valence-corrected chi connectivity index (χ0v) is 21.1. The molecule has 0 heterocycles. The number of anilines is 1. The van der Waals surface area contributed by atoms with E-state index in [0.717, 1.165) is 12.1 Å². The molecule has 2 nitrogen and oxygen atoms in total. The fourth-order valence-electron chi connectivity index (χ4n) is 3.73. The summed E-state index contributed by atoms with van der Waals surface area (Å²) in [6.45, 7) is 20.1. The second-order valence-electron chi connectivity index (χ2n) is 9.85. The number of nitrogens with zero attached hydrogens (tertiary/aromatic N) is 1. The summed E-state index contributed by atoms with van der Waals surface area (Å²) in [5, 5.41) is 3.69. The van der Waals surface area contributed by atoms with E-state index < -0.39 is 0 Å². The van der Waals surface area contributed by atoms with Crippen LogP contribution in [0.25, 0.3) is 0 Å². The summed E-state index contributed by atoms with van der Waals surface area (Å²) in [5.41, 5.74) is 8.96. The van der Waals surface area contributed by atoms with Crippen molar-refractivity contribution in [3.8, 4) is 0 Å². The first-order valence-electron chi connectivity index (χ1n) is 11.8. The zero-order valence-electron chi connectivity index (χ0n) is 21.1. The lowest BCUT2D eigenvalue weighted by molar-refractivity contribution is 0.834. The van der Waals surface area contributed by atoms with Crippen molar-refractivity contribution in [2.75, 3.05) is 5.32 Å². The van der Waals surface area contributed by atoms with Crippen LogP contribution in [0, 0.1) is 0 Å². The van der Waals surface area contributed by atoms with Gasteiger partial charge in [-0.2, -0.15) is 0 Å². The number of hydrogen-bond donors (Lipinski definition) is 1. The topological polar surface area (TPSA) is 24.4 Å². The van der Waals surface area contributed by atoms with E-state index in [1.54, 1.807) is 0 Å². The van der Waals surface area contributed by atoms with Gasteiger partial charge in [-0.25, -0.2) is 0 Å². The Hall–Kier alpha value is -2.35. The molecule has 0 radical (unpaired) electrons.